The summed E-state index contributed by atoms with van der Waals surface area (Å²) in [7, 11) is 0. The molecule has 0 spiro atoms. The van der Waals surface area contributed by atoms with E-state index in [2.05, 4.69) is 32.6 Å². The standard InChI is InChI=1S/C23H20ClFN4O/c24-19-12-16(6-7-20(19)25)13-21(29-30)17-9-11-27-23-18(17)14-22(28-23)26-10-8-15-4-2-1-3-5-15/h1-7,9,11-12,30H,8,10,13-14H2,(H,26,27,28)/b29-21+. The van der Waals surface area contributed by atoms with Gasteiger partial charge in [0.15, 0.2) is 0 Å². The van der Waals surface area contributed by atoms with Crippen molar-refractivity contribution in [2.75, 3.05) is 11.9 Å². The molecule has 0 saturated carbocycles. The van der Waals surface area contributed by atoms with Gasteiger partial charge in [0.05, 0.1) is 10.7 Å². The SMILES string of the molecule is O/N=C(\Cc1ccc(F)c(Cl)c1)c1ccnc2c1CC(=NCCc1ccccc1)N2. The quantitative estimate of drug-likeness (QED) is 0.337. The number of anilines is 1. The zero-order valence-electron chi connectivity index (χ0n) is 16.1. The molecular formula is C23H20ClFN4O. The van der Waals surface area contributed by atoms with Crippen LogP contribution in [0, 0.1) is 5.82 Å². The topological polar surface area (TPSA) is 69.9 Å². The number of rotatable bonds is 6. The lowest BCUT2D eigenvalue weighted by Crippen LogP contribution is -2.10. The Kier molecular flexibility index (Phi) is 6.05. The number of hydrogen-bond acceptors (Lipinski definition) is 4. The van der Waals surface area contributed by atoms with Gasteiger partial charge in [-0.3, -0.25) is 4.99 Å². The molecule has 30 heavy (non-hydrogen) atoms. The Morgan fingerprint density at radius 3 is 2.73 bits per heavy atom. The number of aromatic nitrogens is 1. The van der Waals surface area contributed by atoms with Crippen LogP contribution in [0.25, 0.3) is 0 Å². The zero-order valence-corrected chi connectivity index (χ0v) is 16.9. The van der Waals surface area contributed by atoms with E-state index in [1.807, 2.05) is 24.3 Å². The van der Waals surface area contributed by atoms with Crippen molar-refractivity contribution in [1.82, 2.24) is 4.98 Å². The Labute approximate surface area is 179 Å². The molecule has 7 heteroatoms. The molecule has 5 nitrogen and oxygen atoms in total. The van der Waals surface area contributed by atoms with Crippen molar-refractivity contribution in [3.63, 3.8) is 0 Å². The average molecular weight is 423 g/mol. The van der Waals surface area contributed by atoms with Crippen molar-refractivity contribution in [3.8, 4) is 0 Å². The molecule has 0 bridgehead atoms. The van der Waals surface area contributed by atoms with Gasteiger partial charge in [-0.05, 0) is 35.7 Å². The molecule has 0 amide bonds. The van der Waals surface area contributed by atoms with Crippen LogP contribution in [0.1, 0.15) is 22.3 Å². The average Bonchev–Trinajstić information content (AvgIpc) is 3.18. The van der Waals surface area contributed by atoms with Crippen LogP contribution in [0.2, 0.25) is 5.02 Å². The number of nitrogens with one attached hydrogen (secondary N) is 1. The van der Waals surface area contributed by atoms with Crippen molar-refractivity contribution >= 4 is 29.0 Å². The number of fused-ring (bicyclic) bond motifs is 1. The molecule has 2 heterocycles. The highest BCUT2D eigenvalue weighted by molar-refractivity contribution is 6.30. The Morgan fingerprint density at radius 2 is 1.97 bits per heavy atom. The molecule has 1 aliphatic heterocycles. The van der Waals surface area contributed by atoms with Gasteiger partial charge in [-0.15, -0.1) is 0 Å². The molecule has 0 radical (unpaired) electrons. The van der Waals surface area contributed by atoms with E-state index in [-0.39, 0.29) is 5.02 Å². The Balaban J connectivity index is 1.50. The monoisotopic (exact) mass is 422 g/mol. The molecule has 4 rings (SSSR count). The number of aliphatic imine (C=N–C) groups is 1. The summed E-state index contributed by atoms with van der Waals surface area (Å²) in [4.78, 5) is 9.06. The Bertz CT molecular complexity index is 1120. The summed E-state index contributed by atoms with van der Waals surface area (Å²) in [5.41, 5.74) is 4.16. The van der Waals surface area contributed by atoms with Gasteiger partial charge in [0, 0.05) is 36.7 Å². The van der Waals surface area contributed by atoms with Crippen LogP contribution < -0.4 is 5.32 Å². The van der Waals surface area contributed by atoms with Crippen LogP contribution in [0.5, 0.6) is 0 Å². The highest BCUT2D eigenvalue weighted by atomic mass is 35.5. The minimum atomic E-state index is -0.478. The first-order valence-corrected chi connectivity index (χ1v) is 9.99. The van der Waals surface area contributed by atoms with Crippen molar-refractivity contribution < 1.29 is 9.60 Å². The number of pyridine rings is 1. The van der Waals surface area contributed by atoms with E-state index in [1.165, 1.54) is 17.7 Å². The maximum Gasteiger partial charge on any atom is 0.141 e. The summed E-state index contributed by atoms with van der Waals surface area (Å²) >= 11 is 5.88. The highest BCUT2D eigenvalue weighted by Gasteiger charge is 2.23. The number of amidine groups is 1. The van der Waals surface area contributed by atoms with Gasteiger partial charge >= 0.3 is 0 Å². The lowest BCUT2D eigenvalue weighted by molar-refractivity contribution is 0.318. The summed E-state index contributed by atoms with van der Waals surface area (Å²) < 4.78 is 13.4. The van der Waals surface area contributed by atoms with Crippen molar-refractivity contribution in [3.05, 3.63) is 93.9 Å². The van der Waals surface area contributed by atoms with E-state index in [0.29, 0.717) is 30.9 Å². The van der Waals surface area contributed by atoms with Crippen molar-refractivity contribution in [2.45, 2.75) is 19.3 Å². The summed E-state index contributed by atoms with van der Waals surface area (Å²) in [5.74, 6) is 1.07. The normalized spacial score (nSPS) is 14.6. The predicted octanol–water partition coefficient (Wildman–Crippen LogP) is 4.90. The van der Waals surface area contributed by atoms with Crippen LogP contribution in [0.3, 0.4) is 0 Å². The lowest BCUT2D eigenvalue weighted by Gasteiger charge is -2.09. The number of halogens is 2. The molecule has 0 saturated heterocycles. The van der Waals surface area contributed by atoms with Crippen LogP contribution in [-0.2, 0) is 19.3 Å². The van der Waals surface area contributed by atoms with Crippen molar-refractivity contribution in [1.29, 1.82) is 0 Å². The highest BCUT2D eigenvalue weighted by Crippen LogP contribution is 2.26. The number of nitrogens with zero attached hydrogens (tertiary/aromatic N) is 3. The second-order valence-corrected chi connectivity index (χ2v) is 7.43. The third kappa shape index (κ3) is 4.49. The number of benzene rings is 2. The smallest absolute Gasteiger partial charge is 0.141 e. The number of hydrogen-bond donors (Lipinski definition) is 2. The maximum absolute atomic E-state index is 13.4. The lowest BCUT2D eigenvalue weighted by atomic mass is 9.98. The van der Waals surface area contributed by atoms with Crippen LogP contribution in [0.15, 0.2) is 70.9 Å². The zero-order chi connectivity index (χ0) is 20.9. The van der Waals surface area contributed by atoms with E-state index in [4.69, 9.17) is 11.6 Å². The van der Waals surface area contributed by atoms with E-state index in [0.717, 1.165) is 28.9 Å². The minimum absolute atomic E-state index is 0.0410. The fraction of sp³-hybridized carbons (Fsp3) is 0.174. The van der Waals surface area contributed by atoms with Gasteiger partial charge in [0.2, 0.25) is 0 Å². The van der Waals surface area contributed by atoms with Crippen LogP contribution in [0.4, 0.5) is 10.2 Å². The molecule has 0 unspecified atom stereocenters. The summed E-state index contributed by atoms with van der Waals surface area (Å²) in [6.07, 6.45) is 3.41. The van der Waals surface area contributed by atoms with Crippen LogP contribution >= 0.6 is 11.6 Å². The molecule has 0 fully saturated rings. The van der Waals surface area contributed by atoms with Gasteiger partial charge in [0.25, 0.3) is 0 Å². The molecule has 0 atom stereocenters. The fourth-order valence-electron chi connectivity index (χ4n) is 3.49. The first-order valence-electron chi connectivity index (χ1n) is 9.61. The van der Waals surface area contributed by atoms with Crippen molar-refractivity contribution in [2.24, 2.45) is 10.1 Å². The molecule has 1 aliphatic rings. The van der Waals surface area contributed by atoms with E-state index in [9.17, 15) is 9.60 Å². The predicted molar refractivity (Wildman–Crippen MR) is 117 cm³/mol. The minimum Gasteiger partial charge on any atom is -0.411 e. The number of oxime groups is 1. The fourth-order valence-corrected chi connectivity index (χ4v) is 3.69. The maximum atomic E-state index is 13.4. The Hall–Kier alpha value is -3.25. The summed E-state index contributed by atoms with van der Waals surface area (Å²) in [6, 6.07) is 16.5. The summed E-state index contributed by atoms with van der Waals surface area (Å²) in [6.45, 7) is 0.671. The van der Waals surface area contributed by atoms with E-state index in [1.54, 1.807) is 12.3 Å². The molecular weight excluding hydrogens is 403 g/mol. The Morgan fingerprint density at radius 1 is 1.13 bits per heavy atom. The largest absolute Gasteiger partial charge is 0.411 e. The first kappa shape index (κ1) is 20.0. The van der Waals surface area contributed by atoms with Gasteiger partial charge in [-0.25, -0.2) is 9.37 Å². The second-order valence-electron chi connectivity index (χ2n) is 7.02. The molecule has 152 valence electrons. The molecule has 2 aromatic carbocycles. The third-order valence-electron chi connectivity index (χ3n) is 5.00. The third-order valence-corrected chi connectivity index (χ3v) is 5.29. The van der Waals surface area contributed by atoms with Gasteiger partial charge < -0.3 is 10.5 Å². The van der Waals surface area contributed by atoms with Gasteiger partial charge in [-0.1, -0.05) is 53.2 Å². The molecule has 3 aromatic rings. The van der Waals surface area contributed by atoms with Gasteiger partial charge in [0.1, 0.15) is 17.5 Å². The molecule has 0 aliphatic carbocycles. The van der Waals surface area contributed by atoms with Crippen LogP contribution in [-0.4, -0.2) is 28.3 Å². The van der Waals surface area contributed by atoms with E-state index < -0.39 is 5.82 Å². The van der Waals surface area contributed by atoms with Gasteiger partial charge in [-0.2, -0.15) is 0 Å². The van der Waals surface area contributed by atoms with E-state index >= 15 is 0 Å². The first-order chi connectivity index (χ1) is 14.6. The molecule has 1 aromatic heterocycles. The second kappa shape index (κ2) is 9.05. The molecule has 2 N–H and O–H groups in total. The summed E-state index contributed by atoms with van der Waals surface area (Å²) in [5, 5.41) is 16.4.